The molecule has 2 rings (SSSR count). The Morgan fingerprint density at radius 2 is 2.21 bits per heavy atom. The monoisotopic (exact) mass is 287 g/mol. The Labute approximate surface area is 118 Å². The number of nitrogens with one attached hydrogen (secondary N) is 1. The molecule has 106 valence electrons. The van der Waals surface area contributed by atoms with Crippen molar-refractivity contribution in [3.8, 4) is 0 Å². The van der Waals surface area contributed by atoms with Crippen LogP contribution in [-0.2, 0) is 6.54 Å². The Morgan fingerprint density at radius 1 is 1.42 bits per heavy atom. The topological polar surface area (TPSA) is 12.0 Å². The Balaban J connectivity index is 2.05. The first-order chi connectivity index (χ1) is 9.06. The van der Waals surface area contributed by atoms with Crippen LogP contribution < -0.4 is 5.32 Å². The Bertz CT molecular complexity index is 438. The van der Waals surface area contributed by atoms with Crippen molar-refractivity contribution in [3.63, 3.8) is 0 Å². The second kappa shape index (κ2) is 6.19. The molecule has 2 unspecified atom stereocenters. The van der Waals surface area contributed by atoms with Crippen LogP contribution in [0.2, 0.25) is 0 Å². The van der Waals surface area contributed by atoms with Crippen molar-refractivity contribution in [2.24, 2.45) is 5.92 Å². The Morgan fingerprint density at radius 3 is 2.89 bits per heavy atom. The van der Waals surface area contributed by atoms with Gasteiger partial charge in [0.2, 0.25) is 0 Å². The van der Waals surface area contributed by atoms with Gasteiger partial charge >= 0.3 is 0 Å². The Kier molecular flexibility index (Phi) is 4.80. The summed E-state index contributed by atoms with van der Waals surface area (Å²) in [6, 6.07) is 4.28. The first-order valence-electron chi connectivity index (χ1n) is 6.80. The standard InChI is InChI=1S/C15H20ClF2N/c1-11-4-3-7-15(8-11,10-16)19-9-12-5-2-6-13(17)14(12)18/h2,5-6,11,19H,3-4,7-10H2,1H3. The lowest BCUT2D eigenvalue weighted by Crippen LogP contribution is -2.49. The summed E-state index contributed by atoms with van der Waals surface area (Å²) < 4.78 is 26.8. The lowest BCUT2D eigenvalue weighted by molar-refractivity contribution is 0.206. The molecule has 1 nitrogen and oxygen atoms in total. The highest BCUT2D eigenvalue weighted by Crippen LogP contribution is 2.33. The average Bonchev–Trinajstić information content (AvgIpc) is 2.40. The van der Waals surface area contributed by atoms with Crippen LogP contribution in [0.4, 0.5) is 8.78 Å². The summed E-state index contributed by atoms with van der Waals surface area (Å²) >= 11 is 6.11. The molecule has 1 fully saturated rings. The van der Waals surface area contributed by atoms with Gasteiger partial charge in [0.25, 0.3) is 0 Å². The van der Waals surface area contributed by atoms with E-state index in [4.69, 9.17) is 11.6 Å². The number of alkyl halides is 1. The van der Waals surface area contributed by atoms with Crippen LogP contribution in [0.3, 0.4) is 0 Å². The van der Waals surface area contributed by atoms with Crippen LogP contribution in [0, 0.1) is 17.6 Å². The van der Waals surface area contributed by atoms with Crippen LogP contribution in [0.1, 0.15) is 38.2 Å². The third-order valence-electron chi connectivity index (χ3n) is 4.03. The highest BCUT2D eigenvalue weighted by atomic mass is 35.5. The van der Waals surface area contributed by atoms with Crippen molar-refractivity contribution in [1.29, 1.82) is 0 Å². The largest absolute Gasteiger partial charge is 0.306 e. The average molecular weight is 288 g/mol. The van der Waals surface area contributed by atoms with Gasteiger partial charge in [-0.2, -0.15) is 0 Å². The molecule has 0 saturated heterocycles. The molecule has 1 N–H and O–H groups in total. The van der Waals surface area contributed by atoms with E-state index in [1.165, 1.54) is 12.5 Å². The summed E-state index contributed by atoms with van der Waals surface area (Å²) in [5.41, 5.74) is 0.223. The second-order valence-corrected chi connectivity index (χ2v) is 5.95. The normalized spacial score (nSPS) is 27.5. The van der Waals surface area contributed by atoms with Gasteiger partial charge in [-0.1, -0.05) is 31.9 Å². The minimum Gasteiger partial charge on any atom is -0.306 e. The predicted octanol–water partition coefficient (Wildman–Crippen LogP) is 4.24. The molecular weight excluding hydrogens is 268 g/mol. The van der Waals surface area contributed by atoms with Crippen molar-refractivity contribution in [3.05, 3.63) is 35.4 Å². The summed E-state index contributed by atoms with van der Waals surface area (Å²) in [7, 11) is 0. The first kappa shape index (κ1) is 14.7. The number of halogens is 3. The molecule has 2 atom stereocenters. The minimum atomic E-state index is -0.795. The second-order valence-electron chi connectivity index (χ2n) is 5.68. The van der Waals surface area contributed by atoms with Gasteiger partial charge in [-0.15, -0.1) is 11.6 Å². The molecule has 0 amide bonds. The molecule has 19 heavy (non-hydrogen) atoms. The lowest BCUT2D eigenvalue weighted by atomic mass is 9.77. The fraction of sp³-hybridized carbons (Fsp3) is 0.600. The zero-order chi connectivity index (χ0) is 13.9. The summed E-state index contributed by atoms with van der Waals surface area (Å²) in [6.45, 7) is 2.54. The molecule has 1 aliphatic rings. The third-order valence-corrected chi connectivity index (χ3v) is 4.54. The fourth-order valence-corrected chi connectivity index (χ4v) is 3.29. The number of hydrogen-bond acceptors (Lipinski definition) is 1. The summed E-state index contributed by atoms with van der Waals surface area (Å²) in [6.07, 6.45) is 4.34. The molecular formula is C15H20ClF2N. The quantitative estimate of drug-likeness (QED) is 0.817. The van der Waals surface area contributed by atoms with Gasteiger partial charge in [-0.05, 0) is 24.8 Å². The lowest BCUT2D eigenvalue weighted by Gasteiger charge is -2.39. The van der Waals surface area contributed by atoms with Crippen molar-refractivity contribution < 1.29 is 8.78 Å². The molecule has 1 aliphatic carbocycles. The van der Waals surface area contributed by atoms with Crippen LogP contribution in [0.15, 0.2) is 18.2 Å². The van der Waals surface area contributed by atoms with Crippen molar-refractivity contribution >= 4 is 11.6 Å². The van der Waals surface area contributed by atoms with Gasteiger partial charge in [0.1, 0.15) is 0 Å². The summed E-state index contributed by atoms with van der Waals surface area (Å²) in [5, 5.41) is 3.36. The zero-order valence-electron chi connectivity index (χ0n) is 11.2. The highest BCUT2D eigenvalue weighted by Gasteiger charge is 2.33. The number of benzene rings is 1. The molecule has 0 radical (unpaired) electrons. The van der Waals surface area contributed by atoms with Gasteiger partial charge in [0, 0.05) is 23.5 Å². The van der Waals surface area contributed by atoms with E-state index in [2.05, 4.69) is 12.2 Å². The van der Waals surface area contributed by atoms with Crippen LogP contribution in [0.5, 0.6) is 0 Å². The molecule has 4 heteroatoms. The SMILES string of the molecule is CC1CCCC(CCl)(NCc2cccc(F)c2F)C1. The maximum absolute atomic E-state index is 13.6. The molecule has 0 heterocycles. The van der Waals surface area contributed by atoms with Crippen molar-refractivity contribution in [1.82, 2.24) is 5.32 Å². The predicted molar refractivity (Wildman–Crippen MR) is 74.3 cm³/mol. The van der Waals surface area contributed by atoms with Crippen molar-refractivity contribution in [2.75, 3.05) is 5.88 Å². The van der Waals surface area contributed by atoms with Gasteiger partial charge in [0.05, 0.1) is 0 Å². The maximum Gasteiger partial charge on any atom is 0.163 e. The van der Waals surface area contributed by atoms with E-state index in [1.54, 1.807) is 6.07 Å². The smallest absolute Gasteiger partial charge is 0.163 e. The van der Waals surface area contributed by atoms with E-state index >= 15 is 0 Å². The molecule has 1 saturated carbocycles. The Hall–Kier alpha value is -0.670. The summed E-state index contributed by atoms with van der Waals surface area (Å²) in [4.78, 5) is 0. The van der Waals surface area contributed by atoms with E-state index in [9.17, 15) is 8.78 Å². The third kappa shape index (κ3) is 3.46. The van der Waals surface area contributed by atoms with E-state index < -0.39 is 11.6 Å². The molecule has 0 spiro atoms. The van der Waals surface area contributed by atoms with E-state index in [0.29, 0.717) is 23.9 Å². The van der Waals surface area contributed by atoms with E-state index in [1.807, 2.05) is 0 Å². The number of hydrogen-bond donors (Lipinski definition) is 1. The summed E-state index contributed by atoms with van der Waals surface area (Å²) in [5.74, 6) is -0.425. The number of rotatable bonds is 4. The van der Waals surface area contributed by atoms with E-state index in [-0.39, 0.29) is 5.54 Å². The first-order valence-corrected chi connectivity index (χ1v) is 7.34. The molecule has 0 bridgehead atoms. The molecule has 0 aliphatic heterocycles. The molecule has 0 aromatic heterocycles. The minimum absolute atomic E-state index is 0.141. The van der Waals surface area contributed by atoms with Gasteiger partial charge in [-0.25, -0.2) is 8.78 Å². The van der Waals surface area contributed by atoms with E-state index in [0.717, 1.165) is 25.3 Å². The van der Waals surface area contributed by atoms with Crippen LogP contribution in [0.25, 0.3) is 0 Å². The van der Waals surface area contributed by atoms with Gasteiger partial charge < -0.3 is 5.32 Å². The zero-order valence-corrected chi connectivity index (χ0v) is 11.9. The van der Waals surface area contributed by atoms with Crippen LogP contribution in [-0.4, -0.2) is 11.4 Å². The van der Waals surface area contributed by atoms with Gasteiger partial charge in [-0.3, -0.25) is 0 Å². The van der Waals surface area contributed by atoms with Gasteiger partial charge in [0.15, 0.2) is 11.6 Å². The van der Waals surface area contributed by atoms with Crippen molar-refractivity contribution in [2.45, 2.75) is 44.7 Å². The molecule has 1 aromatic rings. The highest BCUT2D eigenvalue weighted by molar-refractivity contribution is 6.18. The fourth-order valence-electron chi connectivity index (χ4n) is 2.96. The van der Waals surface area contributed by atoms with Crippen LogP contribution >= 0.6 is 11.6 Å². The maximum atomic E-state index is 13.6. The molecule has 1 aromatic carbocycles.